The number of amides is 1. The smallest absolute Gasteiger partial charge is 0.236 e. The van der Waals surface area contributed by atoms with Crippen molar-refractivity contribution in [1.29, 1.82) is 0 Å². The average Bonchev–Trinajstić information content (AvgIpc) is 2.43. The van der Waals surface area contributed by atoms with Gasteiger partial charge in [-0.3, -0.25) is 4.79 Å². The minimum absolute atomic E-state index is 0.0372. The van der Waals surface area contributed by atoms with Gasteiger partial charge in [0.2, 0.25) is 5.91 Å². The first kappa shape index (κ1) is 14.3. The number of benzene rings is 1. The molecule has 0 spiro atoms. The third-order valence-corrected chi connectivity index (χ3v) is 2.66. The fourth-order valence-corrected chi connectivity index (χ4v) is 1.55. The van der Waals surface area contributed by atoms with Crippen LogP contribution in [0.5, 0.6) is 11.5 Å². The largest absolute Gasteiger partial charge is 0.497 e. The van der Waals surface area contributed by atoms with E-state index in [0.717, 1.165) is 17.1 Å². The second-order valence-corrected chi connectivity index (χ2v) is 3.94. The molecule has 0 heterocycles. The summed E-state index contributed by atoms with van der Waals surface area (Å²) in [4.78, 5) is 11.4. The van der Waals surface area contributed by atoms with Crippen molar-refractivity contribution >= 4 is 5.91 Å². The van der Waals surface area contributed by atoms with Gasteiger partial charge >= 0.3 is 0 Å². The standard InChI is InChI=1S/C13H20N2O3/c1-9(13(16)14-2)15-8-10-5-11(17-3)7-12(6-10)18-4/h5-7,9,15H,8H2,1-4H3,(H,14,16). The molecule has 2 N–H and O–H groups in total. The Morgan fingerprint density at radius 1 is 1.22 bits per heavy atom. The number of ether oxygens (including phenoxy) is 2. The number of rotatable bonds is 6. The van der Waals surface area contributed by atoms with Crippen LogP contribution in [0.2, 0.25) is 0 Å². The van der Waals surface area contributed by atoms with E-state index in [0.29, 0.717) is 6.54 Å². The van der Waals surface area contributed by atoms with E-state index in [4.69, 9.17) is 9.47 Å². The zero-order valence-corrected chi connectivity index (χ0v) is 11.2. The Kier molecular flexibility index (Phi) is 5.45. The first-order chi connectivity index (χ1) is 8.60. The van der Waals surface area contributed by atoms with E-state index in [1.54, 1.807) is 21.3 Å². The summed E-state index contributed by atoms with van der Waals surface area (Å²) in [7, 11) is 4.84. The van der Waals surface area contributed by atoms with Crippen molar-refractivity contribution in [2.75, 3.05) is 21.3 Å². The summed E-state index contributed by atoms with van der Waals surface area (Å²) in [6.45, 7) is 2.39. The lowest BCUT2D eigenvalue weighted by Gasteiger charge is -2.13. The minimum atomic E-state index is -0.243. The van der Waals surface area contributed by atoms with E-state index in [1.165, 1.54) is 0 Å². The van der Waals surface area contributed by atoms with Gasteiger partial charge in [-0.05, 0) is 24.6 Å². The number of methoxy groups -OCH3 is 2. The highest BCUT2D eigenvalue weighted by atomic mass is 16.5. The third-order valence-electron chi connectivity index (χ3n) is 2.66. The van der Waals surface area contributed by atoms with Gasteiger partial charge in [-0.15, -0.1) is 0 Å². The third kappa shape index (κ3) is 3.92. The number of hydrogen-bond acceptors (Lipinski definition) is 4. The van der Waals surface area contributed by atoms with Gasteiger partial charge in [0.1, 0.15) is 11.5 Å². The first-order valence-corrected chi connectivity index (χ1v) is 5.77. The van der Waals surface area contributed by atoms with E-state index in [9.17, 15) is 4.79 Å². The molecule has 0 fully saturated rings. The van der Waals surface area contributed by atoms with Crippen LogP contribution in [0.3, 0.4) is 0 Å². The Bertz CT molecular complexity index is 385. The summed E-state index contributed by atoms with van der Waals surface area (Å²) in [6.07, 6.45) is 0. The summed E-state index contributed by atoms with van der Waals surface area (Å²) in [5.74, 6) is 1.43. The molecule has 0 radical (unpaired) electrons. The maximum absolute atomic E-state index is 11.4. The number of hydrogen-bond donors (Lipinski definition) is 2. The predicted molar refractivity (Wildman–Crippen MR) is 69.9 cm³/mol. The second-order valence-electron chi connectivity index (χ2n) is 3.94. The summed E-state index contributed by atoms with van der Waals surface area (Å²) in [5, 5.41) is 5.72. The van der Waals surface area contributed by atoms with Crippen molar-refractivity contribution in [3.8, 4) is 11.5 Å². The van der Waals surface area contributed by atoms with Crippen molar-refractivity contribution in [3.05, 3.63) is 23.8 Å². The van der Waals surface area contributed by atoms with Gasteiger partial charge in [0, 0.05) is 19.7 Å². The minimum Gasteiger partial charge on any atom is -0.497 e. The molecule has 1 aromatic rings. The van der Waals surface area contributed by atoms with E-state index in [1.807, 2.05) is 25.1 Å². The molecular weight excluding hydrogens is 232 g/mol. The predicted octanol–water partition coefficient (Wildman–Crippen LogP) is 0.928. The van der Waals surface area contributed by atoms with Crippen LogP contribution in [-0.2, 0) is 11.3 Å². The Morgan fingerprint density at radius 3 is 2.22 bits per heavy atom. The van der Waals surface area contributed by atoms with Gasteiger partial charge in [-0.25, -0.2) is 0 Å². The van der Waals surface area contributed by atoms with Crippen molar-refractivity contribution in [1.82, 2.24) is 10.6 Å². The Labute approximate surface area is 107 Å². The molecule has 0 aliphatic carbocycles. The summed E-state index contributed by atoms with van der Waals surface area (Å²) >= 11 is 0. The average molecular weight is 252 g/mol. The van der Waals surface area contributed by atoms with Gasteiger partial charge in [0.05, 0.1) is 20.3 Å². The number of likely N-dealkylation sites (N-methyl/N-ethyl adjacent to an activating group) is 1. The molecule has 5 nitrogen and oxygen atoms in total. The summed E-state index contributed by atoms with van der Waals surface area (Å²) in [5.41, 5.74) is 1.00. The van der Waals surface area contributed by atoms with Gasteiger partial charge in [-0.1, -0.05) is 0 Å². The summed E-state index contributed by atoms with van der Waals surface area (Å²) < 4.78 is 10.4. The van der Waals surface area contributed by atoms with Gasteiger partial charge in [0.15, 0.2) is 0 Å². The molecular formula is C13H20N2O3. The number of nitrogens with one attached hydrogen (secondary N) is 2. The molecule has 1 amide bonds. The molecule has 0 saturated heterocycles. The van der Waals surface area contributed by atoms with E-state index in [2.05, 4.69) is 10.6 Å². The maximum Gasteiger partial charge on any atom is 0.236 e. The van der Waals surface area contributed by atoms with Crippen molar-refractivity contribution < 1.29 is 14.3 Å². The molecule has 1 rings (SSSR count). The molecule has 0 saturated carbocycles. The molecule has 0 aliphatic rings. The number of carbonyl (C=O) groups is 1. The molecule has 0 aromatic heterocycles. The van der Waals surface area contributed by atoms with Crippen LogP contribution in [-0.4, -0.2) is 33.2 Å². The normalized spacial score (nSPS) is 11.8. The fraction of sp³-hybridized carbons (Fsp3) is 0.462. The van der Waals surface area contributed by atoms with Crippen LogP contribution in [0.25, 0.3) is 0 Å². The second kappa shape index (κ2) is 6.86. The van der Waals surface area contributed by atoms with Crippen LogP contribution in [0.4, 0.5) is 0 Å². The van der Waals surface area contributed by atoms with Gasteiger partial charge in [0.25, 0.3) is 0 Å². The highest BCUT2D eigenvalue weighted by Gasteiger charge is 2.10. The Morgan fingerprint density at radius 2 is 1.78 bits per heavy atom. The molecule has 0 aliphatic heterocycles. The highest BCUT2D eigenvalue weighted by Crippen LogP contribution is 2.22. The van der Waals surface area contributed by atoms with Crippen LogP contribution >= 0.6 is 0 Å². The lowest BCUT2D eigenvalue weighted by molar-refractivity contribution is -0.122. The molecule has 18 heavy (non-hydrogen) atoms. The van der Waals surface area contributed by atoms with Crippen molar-refractivity contribution in [2.24, 2.45) is 0 Å². The highest BCUT2D eigenvalue weighted by molar-refractivity contribution is 5.80. The fourth-order valence-electron chi connectivity index (χ4n) is 1.55. The van der Waals surface area contributed by atoms with Gasteiger partial charge < -0.3 is 20.1 Å². The zero-order valence-electron chi connectivity index (χ0n) is 11.2. The summed E-state index contributed by atoms with van der Waals surface area (Å²) in [6, 6.07) is 5.39. The van der Waals surface area contributed by atoms with Crippen LogP contribution in [0.1, 0.15) is 12.5 Å². The Balaban J connectivity index is 2.69. The van der Waals surface area contributed by atoms with Crippen LogP contribution in [0, 0.1) is 0 Å². The Hall–Kier alpha value is -1.75. The quantitative estimate of drug-likeness (QED) is 0.790. The molecule has 1 aromatic carbocycles. The van der Waals surface area contributed by atoms with Gasteiger partial charge in [-0.2, -0.15) is 0 Å². The van der Waals surface area contributed by atoms with Crippen molar-refractivity contribution in [2.45, 2.75) is 19.5 Å². The molecule has 1 atom stereocenters. The van der Waals surface area contributed by atoms with E-state index >= 15 is 0 Å². The first-order valence-electron chi connectivity index (χ1n) is 5.77. The lowest BCUT2D eigenvalue weighted by atomic mass is 10.2. The zero-order chi connectivity index (χ0) is 13.5. The van der Waals surface area contributed by atoms with E-state index < -0.39 is 0 Å². The van der Waals surface area contributed by atoms with Crippen LogP contribution in [0.15, 0.2) is 18.2 Å². The topological polar surface area (TPSA) is 59.6 Å². The lowest BCUT2D eigenvalue weighted by Crippen LogP contribution is -2.40. The maximum atomic E-state index is 11.4. The molecule has 1 unspecified atom stereocenters. The van der Waals surface area contributed by atoms with Crippen molar-refractivity contribution in [3.63, 3.8) is 0 Å². The molecule has 100 valence electrons. The SMILES string of the molecule is CNC(=O)C(C)NCc1cc(OC)cc(OC)c1. The molecule has 5 heteroatoms. The van der Waals surface area contributed by atoms with Crippen LogP contribution < -0.4 is 20.1 Å². The number of carbonyl (C=O) groups excluding carboxylic acids is 1. The molecule has 0 bridgehead atoms. The monoisotopic (exact) mass is 252 g/mol. The van der Waals surface area contributed by atoms with E-state index in [-0.39, 0.29) is 11.9 Å².